The summed E-state index contributed by atoms with van der Waals surface area (Å²) >= 11 is 0. The molecule has 1 aliphatic carbocycles. The Hall–Kier alpha value is -4.22. The molecule has 3 aromatic rings. The van der Waals surface area contributed by atoms with Gasteiger partial charge in [-0.2, -0.15) is 13.2 Å². The van der Waals surface area contributed by atoms with E-state index < -0.39 is 23.6 Å². The number of ether oxygens (including phenoxy) is 1. The summed E-state index contributed by atoms with van der Waals surface area (Å²) in [5.41, 5.74) is -0.745. The number of anilines is 3. The number of urea groups is 1. The summed E-state index contributed by atoms with van der Waals surface area (Å²) in [5.74, 6) is -0.588. The standard InChI is InChI=1S/C23H19F4N5O3/c1-12-8-14(30-22(34)31-15-4-6-17(24)16(9-15)23(25,26)27)5-7-18(12)35-20-10-19(28-11-29-20)32-21(33)13-2-3-13/h4-11,13H,2-3H2,1H3,(H2,30,31,34)(H,28,29,32,33). The predicted octanol–water partition coefficient (Wildman–Crippen LogP) is 5.73. The van der Waals surface area contributed by atoms with Crippen LogP contribution in [0.25, 0.3) is 0 Å². The molecule has 1 saturated carbocycles. The highest BCUT2D eigenvalue weighted by molar-refractivity contribution is 6.00. The van der Waals surface area contributed by atoms with Gasteiger partial charge in [0.15, 0.2) is 0 Å². The second-order valence-corrected chi connectivity index (χ2v) is 7.86. The molecule has 1 heterocycles. The van der Waals surface area contributed by atoms with E-state index in [1.807, 2.05) is 0 Å². The molecule has 0 atom stereocenters. The third kappa shape index (κ3) is 6.22. The van der Waals surface area contributed by atoms with E-state index in [2.05, 4.69) is 25.9 Å². The summed E-state index contributed by atoms with van der Waals surface area (Å²) in [6, 6.07) is 7.50. The van der Waals surface area contributed by atoms with Gasteiger partial charge in [0.05, 0.1) is 5.56 Å². The van der Waals surface area contributed by atoms with Crippen LogP contribution in [-0.2, 0) is 11.0 Å². The lowest BCUT2D eigenvalue weighted by atomic mass is 10.2. The molecule has 12 heteroatoms. The van der Waals surface area contributed by atoms with E-state index in [0.717, 1.165) is 18.9 Å². The fourth-order valence-corrected chi connectivity index (χ4v) is 3.11. The topological polar surface area (TPSA) is 105 Å². The van der Waals surface area contributed by atoms with E-state index in [-0.39, 0.29) is 23.4 Å². The van der Waals surface area contributed by atoms with Gasteiger partial charge in [0, 0.05) is 23.4 Å². The van der Waals surface area contributed by atoms with Crippen LogP contribution >= 0.6 is 0 Å². The summed E-state index contributed by atoms with van der Waals surface area (Å²) in [5, 5.41) is 7.43. The van der Waals surface area contributed by atoms with Gasteiger partial charge in [-0.15, -0.1) is 0 Å². The van der Waals surface area contributed by atoms with Crippen LogP contribution in [-0.4, -0.2) is 21.9 Å². The lowest BCUT2D eigenvalue weighted by Gasteiger charge is -2.13. The van der Waals surface area contributed by atoms with Crippen LogP contribution in [0.15, 0.2) is 48.8 Å². The molecule has 1 fully saturated rings. The number of aromatic nitrogens is 2. The number of alkyl halides is 3. The maximum Gasteiger partial charge on any atom is 0.419 e. The highest BCUT2D eigenvalue weighted by atomic mass is 19.4. The normalized spacial score (nSPS) is 13.2. The Bertz CT molecular complexity index is 1280. The Morgan fingerprint density at radius 1 is 0.971 bits per heavy atom. The van der Waals surface area contributed by atoms with Crippen molar-refractivity contribution in [3.63, 3.8) is 0 Å². The number of amides is 3. The number of hydrogen-bond acceptors (Lipinski definition) is 5. The Labute approximate surface area is 196 Å². The van der Waals surface area contributed by atoms with Crippen molar-refractivity contribution in [3.8, 4) is 11.6 Å². The summed E-state index contributed by atoms with van der Waals surface area (Å²) in [7, 11) is 0. The largest absolute Gasteiger partial charge is 0.439 e. The van der Waals surface area contributed by atoms with Gasteiger partial charge in [-0.3, -0.25) is 4.79 Å². The number of rotatable bonds is 6. The molecule has 35 heavy (non-hydrogen) atoms. The van der Waals surface area contributed by atoms with E-state index in [1.165, 1.54) is 18.5 Å². The molecule has 3 amide bonds. The molecule has 182 valence electrons. The fraction of sp³-hybridized carbons (Fsp3) is 0.217. The first kappa shape index (κ1) is 23.9. The van der Waals surface area contributed by atoms with Crippen LogP contribution in [0.5, 0.6) is 11.6 Å². The minimum Gasteiger partial charge on any atom is -0.439 e. The average molecular weight is 489 g/mol. The smallest absolute Gasteiger partial charge is 0.419 e. The monoisotopic (exact) mass is 489 g/mol. The van der Waals surface area contributed by atoms with Crippen LogP contribution in [0.1, 0.15) is 24.0 Å². The quantitative estimate of drug-likeness (QED) is 0.384. The van der Waals surface area contributed by atoms with Crippen molar-refractivity contribution in [2.45, 2.75) is 25.9 Å². The lowest BCUT2D eigenvalue weighted by Crippen LogP contribution is -2.20. The predicted molar refractivity (Wildman–Crippen MR) is 119 cm³/mol. The van der Waals surface area contributed by atoms with Gasteiger partial charge in [0.1, 0.15) is 23.7 Å². The number of nitrogens with one attached hydrogen (secondary N) is 3. The van der Waals surface area contributed by atoms with Crippen molar-refractivity contribution < 1.29 is 31.9 Å². The van der Waals surface area contributed by atoms with E-state index >= 15 is 0 Å². The molecule has 4 rings (SSSR count). The van der Waals surface area contributed by atoms with Crippen molar-refractivity contribution in [3.05, 3.63) is 65.7 Å². The van der Waals surface area contributed by atoms with Gasteiger partial charge in [0.2, 0.25) is 11.8 Å². The Morgan fingerprint density at radius 3 is 2.31 bits per heavy atom. The van der Waals surface area contributed by atoms with Crippen molar-refractivity contribution in [1.29, 1.82) is 0 Å². The molecule has 8 nitrogen and oxygen atoms in total. The number of aryl methyl sites for hydroxylation is 1. The maximum absolute atomic E-state index is 13.4. The summed E-state index contributed by atoms with van der Waals surface area (Å²) < 4.78 is 57.7. The molecule has 3 N–H and O–H groups in total. The zero-order valence-corrected chi connectivity index (χ0v) is 18.2. The summed E-state index contributed by atoms with van der Waals surface area (Å²) in [4.78, 5) is 32.1. The highest BCUT2D eigenvalue weighted by Crippen LogP contribution is 2.33. The number of carbonyl (C=O) groups is 2. The van der Waals surface area contributed by atoms with E-state index in [1.54, 1.807) is 19.1 Å². The van der Waals surface area contributed by atoms with Gasteiger partial charge < -0.3 is 20.7 Å². The first-order chi connectivity index (χ1) is 16.6. The Balaban J connectivity index is 1.39. The maximum atomic E-state index is 13.4. The second-order valence-electron chi connectivity index (χ2n) is 7.86. The Morgan fingerprint density at radius 2 is 1.66 bits per heavy atom. The third-order valence-corrected chi connectivity index (χ3v) is 5.02. The van der Waals surface area contributed by atoms with Crippen molar-refractivity contribution in [1.82, 2.24) is 9.97 Å². The fourth-order valence-electron chi connectivity index (χ4n) is 3.11. The molecule has 0 saturated heterocycles. The van der Waals surface area contributed by atoms with Crippen molar-refractivity contribution in [2.75, 3.05) is 16.0 Å². The number of carbonyl (C=O) groups excluding carboxylic acids is 2. The van der Waals surface area contributed by atoms with E-state index in [0.29, 0.717) is 35.0 Å². The van der Waals surface area contributed by atoms with Gasteiger partial charge >= 0.3 is 12.2 Å². The van der Waals surface area contributed by atoms with Gasteiger partial charge in [-0.25, -0.2) is 19.2 Å². The summed E-state index contributed by atoms with van der Waals surface area (Å²) in [6.07, 6.45) is -1.92. The third-order valence-electron chi connectivity index (χ3n) is 5.02. The van der Waals surface area contributed by atoms with Crippen LogP contribution in [0.4, 0.5) is 39.5 Å². The molecule has 0 aliphatic heterocycles. The van der Waals surface area contributed by atoms with E-state index in [4.69, 9.17) is 4.74 Å². The zero-order chi connectivity index (χ0) is 25.2. The molecule has 0 bridgehead atoms. The van der Waals surface area contributed by atoms with Crippen LogP contribution in [0.2, 0.25) is 0 Å². The zero-order valence-electron chi connectivity index (χ0n) is 18.2. The lowest BCUT2D eigenvalue weighted by molar-refractivity contribution is -0.139. The minimum atomic E-state index is -4.89. The van der Waals surface area contributed by atoms with Gasteiger partial charge in [0.25, 0.3) is 0 Å². The minimum absolute atomic E-state index is 0.0172. The second kappa shape index (κ2) is 9.57. The van der Waals surface area contributed by atoms with Gasteiger partial charge in [-0.1, -0.05) is 0 Å². The van der Waals surface area contributed by atoms with Crippen LogP contribution in [0.3, 0.4) is 0 Å². The molecule has 0 spiro atoms. The molecule has 1 aromatic heterocycles. The first-order valence-corrected chi connectivity index (χ1v) is 10.4. The molecule has 1 aliphatic rings. The Kier molecular flexibility index (Phi) is 6.54. The SMILES string of the molecule is Cc1cc(NC(=O)Nc2ccc(F)c(C(F)(F)F)c2)ccc1Oc1cc(NC(=O)C2CC2)ncn1. The number of halogens is 4. The molecular formula is C23H19F4N5O3. The first-order valence-electron chi connectivity index (χ1n) is 10.4. The summed E-state index contributed by atoms with van der Waals surface area (Å²) in [6.45, 7) is 1.71. The number of hydrogen-bond donors (Lipinski definition) is 3. The average Bonchev–Trinajstić information content (AvgIpc) is 3.62. The van der Waals surface area contributed by atoms with E-state index in [9.17, 15) is 27.2 Å². The molecule has 0 unspecified atom stereocenters. The number of nitrogens with zero attached hydrogens (tertiary/aromatic N) is 2. The van der Waals surface area contributed by atoms with Crippen LogP contribution in [0, 0.1) is 18.7 Å². The van der Waals surface area contributed by atoms with Crippen molar-refractivity contribution in [2.24, 2.45) is 5.92 Å². The van der Waals surface area contributed by atoms with Crippen LogP contribution < -0.4 is 20.7 Å². The molecular weight excluding hydrogens is 470 g/mol. The highest BCUT2D eigenvalue weighted by Gasteiger charge is 2.34. The molecule has 2 aromatic carbocycles. The van der Waals surface area contributed by atoms with Crippen molar-refractivity contribution >= 4 is 29.1 Å². The van der Waals surface area contributed by atoms with Gasteiger partial charge in [-0.05, 0) is 61.7 Å². The number of benzene rings is 2. The molecule has 0 radical (unpaired) electrons.